The third-order valence-electron chi connectivity index (χ3n) is 1.35. The van der Waals surface area contributed by atoms with E-state index in [0.29, 0.717) is 5.13 Å². The maximum Gasteiger partial charge on any atom is 0.331 e. The Morgan fingerprint density at radius 1 is 1.64 bits per heavy atom. The molecule has 0 bridgehead atoms. The number of carbonyl (C=O) groups excluding carboxylic acids is 1. The van der Waals surface area contributed by atoms with Gasteiger partial charge in [0, 0.05) is 23.2 Å². The first-order valence-corrected chi connectivity index (χ1v) is 4.59. The second kappa shape index (κ2) is 4.52. The number of anilines is 1. The summed E-state index contributed by atoms with van der Waals surface area (Å²) in [5.41, 5.74) is -0.0148. The Hall–Kier alpha value is -1.69. The minimum absolute atomic E-state index is 0.0148. The third-order valence-corrected chi connectivity index (χ3v) is 2.04. The predicted octanol–water partition coefficient (Wildman–Crippen LogP) is 1.11. The molecule has 0 spiro atoms. The molecule has 1 rings (SSSR count). The molecule has 0 saturated heterocycles. The second-order valence-electron chi connectivity index (χ2n) is 2.46. The minimum atomic E-state index is -1.11. The summed E-state index contributed by atoms with van der Waals surface area (Å²) in [7, 11) is 0. The predicted molar refractivity (Wildman–Crippen MR) is 52.1 cm³/mol. The van der Waals surface area contributed by atoms with Crippen LogP contribution in [0.1, 0.15) is 6.92 Å². The molecule has 6 heteroatoms. The lowest BCUT2D eigenvalue weighted by Crippen LogP contribution is -2.10. The number of carboxylic acid groups (broad SMARTS) is 1. The van der Waals surface area contributed by atoms with Gasteiger partial charge in [0.15, 0.2) is 5.13 Å². The average molecular weight is 212 g/mol. The van der Waals surface area contributed by atoms with Gasteiger partial charge in [0.05, 0.1) is 0 Å². The Labute approximate surface area is 84.1 Å². The summed E-state index contributed by atoms with van der Waals surface area (Å²) >= 11 is 1.27. The molecule has 0 atom stereocenters. The summed E-state index contributed by atoms with van der Waals surface area (Å²) in [6.45, 7) is 1.35. The molecule has 1 aromatic rings. The highest BCUT2D eigenvalue weighted by atomic mass is 32.1. The Balaban J connectivity index is 2.60. The van der Waals surface area contributed by atoms with E-state index in [4.69, 9.17) is 5.11 Å². The van der Waals surface area contributed by atoms with Crippen LogP contribution in [0.2, 0.25) is 0 Å². The number of hydrogen-bond donors (Lipinski definition) is 2. The van der Waals surface area contributed by atoms with E-state index in [-0.39, 0.29) is 5.57 Å². The van der Waals surface area contributed by atoms with Crippen molar-refractivity contribution in [1.82, 2.24) is 4.98 Å². The van der Waals surface area contributed by atoms with E-state index in [0.717, 1.165) is 6.08 Å². The molecular weight excluding hydrogens is 204 g/mol. The number of nitrogens with zero attached hydrogens (tertiary/aromatic N) is 1. The van der Waals surface area contributed by atoms with Crippen molar-refractivity contribution in [2.45, 2.75) is 6.92 Å². The highest BCUT2D eigenvalue weighted by Gasteiger charge is 2.05. The lowest BCUT2D eigenvalue weighted by atomic mass is 10.3. The number of nitrogens with one attached hydrogen (secondary N) is 1. The van der Waals surface area contributed by atoms with Crippen LogP contribution in [0.3, 0.4) is 0 Å². The standard InChI is InChI=1S/C8H8N2O3S/c1-5(7(12)13)4-6(11)10-8-9-2-3-14-8/h2-4H,1H3,(H,12,13)(H,9,10,11)/b5-4-. The van der Waals surface area contributed by atoms with E-state index in [1.807, 2.05) is 0 Å². The van der Waals surface area contributed by atoms with Crippen molar-refractivity contribution in [2.75, 3.05) is 5.32 Å². The molecule has 5 nitrogen and oxygen atoms in total. The van der Waals surface area contributed by atoms with E-state index in [1.165, 1.54) is 18.3 Å². The maximum absolute atomic E-state index is 11.1. The minimum Gasteiger partial charge on any atom is -0.478 e. The van der Waals surface area contributed by atoms with Gasteiger partial charge in [-0.3, -0.25) is 10.1 Å². The Kier molecular flexibility index (Phi) is 3.35. The lowest BCUT2D eigenvalue weighted by molar-refractivity contribution is -0.132. The molecule has 1 amide bonds. The normalized spacial score (nSPS) is 11.1. The fourth-order valence-corrected chi connectivity index (χ4v) is 1.22. The molecule has 0 fully saturated rings. The molecule has 2 N–H and O–H groups in total. The van der Waals surface area contributed by atoms with Crippen LogP contribution in [0.25, 0.3) is 0 Å². The summed E-state index contributed by atoms with van der Waals surface area (Å²) < 4.78 is 0. The zero-order valence-corrected chi connectivity index (χ0v) is 8.17. The molecule has 0 aliphatic rings. The topological polar surface area (TPSA) is 79.3 Å². The van der Waals surface area contributed by atoms with Crippen molar-refractivity contribution in [3.8, 4) is 0 Å². The van der Waals surface area contributed by atoms with Crippen molar-refractivity contribution in [2.24, 2.45) is 0 Å². The van der Waals surface area contributed by atoms with E-state index in [9.17, 15) is 9.59 Å². The highest BCUT2D eigenvalue weighted by molar-refractivity contribution is 7.13. The summed E-state index contributed by atoms with van der Waals surface area (Å²) in [5, 5.41) is 13.1. The fraction of sp³-hybridized carbons (Fsp3) is 0.125. The van der Waals surface area contributed by atoms with Crippen LogP contribution in [0, 0.1) is 0 Å². The molecule has 0 aliphatic carbocycles. The number of hydrogen-bond acceptors (Lipinski definition) is 4. The highest BCUT2D eigenvalue weighted by Crippen LogP contribution is 2.10. The fourth-order valence-electron chi connectivity index (χ4n) is 0.685. The van der Waals surface area contributed by atoms with E-state index < -0.39 is 11.9 Å². The molecule has 0 unspecified atom stereocenters. The number of carbonyl (C=O) groups is 2. The smallest absolute Gasteiger partial charge is 0.331 e. The van der Waals surface area contributed by atoms with Gasteiger partial charge < -0.3 is 5.11 Å². The molecule has 14 heavy (non-hydrogen) atoms. The van der Waals surface area contributed by atoms with Gasteiger partial charge in [0.2, 0.25) is 0 Å². The van der Waals surface area contributed by atoms with Gasteiger partial charge >= 0.3 is 5.97 Å². The summed E-state index contributed by atoms with van der Waals surface area (Å²) in [4.78, 5) is 25.3. The molecule has 0 aliphatic heterocycles. The van der Waals surface area contributed by atoms with Crippen molar-refractivity contribution in [1.29, 1.82) is 0 Å². The van der Waals surface area contributed by atoms with E-state index in [2.05, 4.69) is 10.3 Å². The molecule has 1 heterocycles. The third kappa shape index (κ3) is 2.98. The number of rotatable bonds is 3. The van der Waals surface area contributed by atoms with Crippen LogP contribution in [0.4, 0.5) is 5.13 Å². The molecule has 0 saturated carbocycles. The number of carboxylic acids is 1. The molecule has 74 valence electrons. The lowest BCUT2D eigenvalue weighted by Gasteiger charge is -1.96. The summed E-state index contributed by atoms with van der Waals surface area (Å²) in [5.74, 6) is -1.60. The van der Waals surface area contributed by atoms with Gasteiger partial charge in [0.25, 0.3) is 5.91 Å². The van der Waals surface area contributed by atoms with Crippen LogP contribution in [-0.4, -0.2) is 22.0 Å². The molecular formula is C8H8N2O3S. The van der Waals surface area contributed by atoms with Gasteiger partial charge in [-0.25, -0.2) is 9.78 Å². The first kappa shape index (κ1) is 10.4. The number of aromatic nitrogens is 1. The number of thiazole rings is 1. The van der Waals surface area contributed by atoms with Gasteiger partial charge in [0.1, 0.15) is 0 Å². The first-order valence-electron chi connectivity index (χ1n) is 3.71. The Morgan fingerprint density at radius 2 is 2.36 bits per heavy atom. The quantitative estimate of drug-likeness (QED) is 0.735. The average Bonchev–Trinajstić information content (AvgIpc) is 2.56. The summed E-state index contributed by atoms with van der Waals surface area (Å²) in [6, 6.07) is 0. The van der Waals surface area contributed by atoms with Crippen LogP contribution in [-0.2, 0) is 9.59 Å². The molecule has 1 aromatic heterocycles. The number of amides is 1. The van der Waals surface area contributed by atoms with Crippen molar-refractivity contribution in [3.63, 3.8) is 0 Å². The van der Waals surface area contributed by atoms with E-state index >= 15 is 0 Å². The maximum atomic E-state index is 11.1. The van der Waals surface area contributed by atoms with Gasteiger partial charge in [-0.15, -0.1) is 11.3 Å². The zero-order chi connectivity index (χ0) is 10.6. The first-order chi connectivity index (χ1) is 6.59. The van der Waals surface area contributed by atoms with Crippen molar-refractivity contribution < 1.29 is 14.7 Å². The van der Waals surface area contributed by atoms with Gasteiger partial charge in [-0.2, -0.15) is 0 Å². The monoisotopic (exact) mass is 212 g/mol. The Bertz CT molecular complexity index is 370. The van der Waals surface area contributed by atoms with Crippen LogP contribution in [0.5, 0.6) is 0 Å². The van der Waals surface area contributed by atoms with Crippen molar-refractivity contribution >= 4 is 28.3 Å². The molecule has 0 radical (unpaired) electrons. The second-order valence-corrected chi connectivity index (χ2v) is 3.35. The van der Waals surface area contributed by atoms with E-state index in [1.54, 1.807) is 11.6 Å². The summed E-state index contributed by atoms with van der Waals surface area (Å²) in [6.07, 6.45) is 2.57. The Morgan fingerprint density at radius 3 is 2.86 bits per heavy atom. The van der Waals surface area contributed by atoms with Gasteiger partial charge in [-0.05, 0) is 6.92 Å². The SMILES string of the molecule is C/C(=C/C(=O)Nc1nccs1)C(=O)O. The number of aliphatic carboxylic acids is 1. The van der Waals surface area contributed by atoms with Crippen LogP contribution < -0.4 is 5.32 Å². The largest absolute Gasteiger partial charge is 0.478 e. The van der Waals surface area contributed by atoms with Gasteiger partial charge in [-0.1, -0.05) is 0 Å². The molecule has 0 aromatic carbocycles. The zero-order valence-electron chi connectivity index (χ0n) is 7.35. The van der Waals surface area contributed by atoms with Crippen molar-refractivity contribution in [3.05, 3.63) is 23.2 Å². The van der Waals surface area contributed by atoms with Crippen LogP contribution in [0.15, 0.2) is 23.2 Å². The van der Waals surface area contributed by atoms with Crippen LogP contribution >= 0.6 is 11.3 Å².